The zero-order valence-electron chi connectivity index (χ0n) is 20.2. The lowest BCUT2D eigenvalue weighted by molar-refractivity contribution is -0.136. The van der Waals surface area contributed by atoms with Crippen LogP contribution in [-0.2, 0) is 11.2 Å². The third kappa shape index (κ3) is 5.05. The van der Waals surface area contributed by atoms with Crippen LogP contribution in [0.25, 0.3) is 0 Å². The normalized spacial score (nSPS) is 14.2. The summed E-state index contributed by atoms with van der Waals surface area (Å²) in [6, 6.07) is 19.9. The first kappa shape index (κ1) is 24.5. The average Bonchev–Trinajstić information content (AvgIpc) is 2.90. The van der Waals surface area contributed by atoms with Crippen LogP contribution in [0.5, 0.6) is 28.7 Å². The monoisotopic (exact) mass is 486 g/mol. The molecule has 1 aliphatic rings. The minimum Gasteiger partial charge on any atom is -0.497 e. The molecule has 0 bridgehead atoms. The highest BCUT2D eigenvalue weighted by atomic mass is 16.6. The molecular weight excluding hydrogens is 460 g/mol. The van der Waals surface area contributed by atoms with Crippen LogP contribution in [0, 0.1) is 11.3 Å². The van der Waals surface area contributed by atoms with Crippen molar-refractivity contribution in [2.75, 3.05) is 20.8 Å². The molecule has 0 fully saturated rings. The van der Waals surface area contributed by atoms with Gasteiger partial charge in [0.2, 0.25) is 5.88 Å². The first-order chi connectivity index (χ1) is 17.5. The van der Waals surface area contributed by atoms with Gasteiger partial charge in [0.1, 0.15) is 40.4 Å². The molecule has 0 saturated heterocycles. The predicted molar refractivity (Wildman–Crippen MR) is 132 cm³/mol. The van der Waals surface area contributed by atoms with E-state index in [2.05, 4.69) is 13.0 Å². The third-order valence-electron chi connectivity index (χ3n) is 5.86. The van der Waals surface area contributed by atoms with Crippen molar-refractivity contribution >= 4 is 5.97 Å². The largest absolute Gasteiger partial charge is 0.497 e. The van der Waals surface area contributed by atoms with Crippen molar-refractivity contribution in [2.24, 2.45) is 5.73 Å². The highest BCUT2D eigenvalue weighted by Crippen LogP contribution is 2.46. The van der Waals surface area contributed by atoms with Crippen LogP contribution in [0.2, 0.25) is 0 Å². The number of carbonyl (C=O) groups excluding carboxylic acids is 1. The molecule has 184 valence electrons. The maximum Gasteiger partial charge on any atom is 0.349 e. The van der Waals surface area contributed by atoms with Gasteiger partial charge >= 0.3 is 5.97 Å². The molecule has 1 aliphatic heterocycles. The van der Waals surface area contributed by atoms with E-state index in [1.165, 1.54) is 5.56 Å². The van der Waals surface area contributed by atoms with E-state index < -0.39 is 11.9 Å². The number of rotatable bonds is 8. The van der Waals surface area contributed by atoms with Gasteiger partial charge in [0, 0.05) is 17.2 Å². The van der Waals surface area contributed by atoms with Gasteiger partial charge in [0.15, 0.2) is 6.61 Å². The third-order valence-corrected chi connectivity index (χ3v) is 5.86. The molecule has 0 amide bonds. The quantitative estimate of drug-likeness (QED) is 0.367. The summed E-state index contributed by atoms with van der Waals surface area (Å²) in [6.45, 7) is 1.81. The minimum atomic E-state index is -0.572. The topological polar surface area (TPSA) is 113 Å². The van der Waals surface area contributed by atoms with Gasteiger partial charge in [-0.2, -0.15) is 5.26 Å². The van der Waals surface area contributed by atoms with E-state index in [-0.39, 0.29) is 23.8 Å². The number of hydrogen-bond acceptors (Lipinski definition) is 8. The van der Waals surface area contributed by atoms with Crippen molar-refractivity contribution in [1.29, 1.82) is 5.26 Å². The summed E-state index contributed by atoms with van der Waals surface area (Å²) in [7, 11) is 3.11. The molecule has 0 aromatic heterocycles. The number of fused-ring (bicyclic) bond motifs is 1. The van der Waals surface area contributed by atoms with Gasteiger partial charge in [-0.05, 0) is 48.4 Å². The molecule has 4 rings (SSSR count). The van der Waals surface area contributed by atoms with Crippen molar-refractivity contribution in [3.05, 3.63) is 88.8 Å². The van der Waals surface area contributed by atoms with Crippen LogP contribution in [-0.4, -0.2) is 26.8 Å². The van der Waals surface area contributed by atoms with Gasteiger partial charge in [-0.1, -0.05) is 25.1 Å². The van der Waals surface area contributed by atoms with Crippen molar-refractivity contribution in [3.8, 4) is 34.8 Å². The van der Waals surface area contributed by atoms with E-state index in [0.717, 1.165) is 6.42 Å². The lowest BCUT2D eigenvalue weighted by Crippen LogP contribution is -2.22. The van der Waals surface area contributed by atoms with E-state index >= 15 is 0 Å². The predicted octanol–water partition coefficient (Wildman–Crippen LogP) is 4.47. The summed E-state index contributed by atoms with van der Waals surface area (Å²) in [5.74, 6) is 1.19. The number of ether oxygens (including phenoxy) is 5. The number of aryl methyl sites for hydroxylation is 1. The highest BCUT2D eigenvalue weighted by Gasteiger charge is 2.33. The molecule has 0 radical (unpaired) electrons. The molecule has 0 spiro atoms. The molecule has 8 heteroatoms. The zero-order chi connectivity index (χ0) is 25.7. The number of benzene rings is 3. The molecule has 1 atom stereocenters. The van der Waals surface area contributed by atoms with Gasteiger partial charge in [-0.15, -0.1) is 0 Å². The Kier molecular flexibility index (Phi) is 7.31. The Morgan fingerprint density at radius 3 is 2.36 bits per heavy atom. The Morgan fingerprint density at radius 2 is 1.69 bits per heavy atom. The average molecular weight is 487 g/mol. The number of esters is 1. The first-order valence-electron chi connectivity index (χ1n) is 11.3. The summed E-state index contributed by atoms with van der Waals surface area (Å²) in [5, 5.41) is 9.84. The maximum absolute atomic E-state index is 12.4. The van der Waals surface area contributed by atoms with E-state index in [4.69, 9.17) is 29.4 Å². The van der Waals surface area contributed by atoms with Crippen molar-refractivity contribution in [2.45, 2.75) is 19.3 Å². The Hall–Kier alpha value is -4.64. The fourth-order valence-corrected chi connectivity index (χ4v) is 4.01. The second kappa shape index (κ2) is 10.7. The molecule has 3 aromatic rings. The van der Waals surface area contributed by atoms with Crippen molar-refractivity contribution in [3.63, 3.8) is 0 Å². The van der Waals surface area contributed by atoms with Gasteiger partial charge in [0.05, 0.1) is 20.1 Å². The van der Waals surface area contributed by atoms with Crippen LogP contribution >= 0.6 is 0 Å². The second-order valence-electron chi connectivity index (χ2n) is 7.99. The molecule has 36 heavy (non-hydrogen) atoms. The number of nitrogens with two attached hydrogens (primary N) is 1. The fourth-order valence-electron chi connectivity index (χ4n) is 4.01. The summed E-state index contributed by atoms with van der Waals surface area (Å²) in [4.78, 5) is 12.4. The maximum atomic E-state index is 12.4. The number of nitriles is 1. The van der Waals surface area contributed by atoms with Crippen LogP contribution in [0.1, 0.15) is 29.5 Å². The highest BCUT2D eigenvalue weighted by molar-refractivity contribution is 5.74. The van der Waals surface area contributed by atoms with Gasteiger partial charge in [0.25, 0.3) is 0 Å². The Bertz CT molecular complexity index is 1340. The summed E-state index contributed by atoms with van der Waals surface area (Å²) < 4.78 is 27.6. The van der Waals surface area contributed by atoms with Crippen LogP contribution in [0.3, 0.4) is 0 Å². The Labute approximate surface area is 209 Å². The number of nitrogens with zero attached hydrogens (tertiary/aromatic N) is 1. The number of methoxy groups -OCH3 is 2. The molecule has 1 heterocycles. The molecule has 3 aromatic carbocycles. The van der Waals surface area contributed by atoms with Crippen molar-refractivity contribution in [1.82, 2.24) is 0 Å². The number of allylic oxidation sites excluding steroid dienone is 1. The number of hydrogen-bond donors (Lipinski definition) is 1. The molecule has 0 saturated carbocycles. The Morgan fingerprint density at radius 1 is 0.972 bits per heavy atom. The summed E-state index contributed by atoms with van der Waals surface area (Å²) in [5.41, 5.74) is 8.88. The second-order valence-corrected chi connectivity index (χ2v) is 7.99. The van der Waals surface area contributed by atoms with Crippen LogP contribution in [0.15, 0.2) is 72.1 Å². The molecule has 0 aliphatic carbocycles. The van der Waals surface area contributed by atoms with E-state index in [1.54, 1.807) is 50.6 Å². The molecule has 8 nitrogen and oxygen atoms in total. The van der Waals surface area contributed by atoms with Gasteiger partial charge in [-0.25, -0.2) is 4.79 Å². The number of carbonyl (C=O) groups is 1. The molecular formula is C28H26N2O6. The zero-order valence-corrected chi connectivity index (χ0v) is 20.2. The van der Waals surface area contributed by atoms with Crippen molar-refractivity contribution < 1.29 is 28.5 Å². The lowest BCUT2D eigenvalue weighted by Gasteiger charge is -2.28. The van der Waals surface area contributed by atoms with E-state index in [0.29, 0.717) is 34.1 Å². The summed E-state index contributed by atoms with van der Waals surface area (Å²) >= 11 is 0. The van der Waals surface area contributed by atoms with Gasteiger partial charge < -0.3 is 29.4 Å². The van der Waals surface area contributed by atoms with Crippen LogP contribution in [0.4, 0.5) is 0 Å². The van der Waals surface area contributed by atoms with Gasteiger partial charge in [-0.3, -0.25) is 0 Å². The standard InChI is InChI=1S/C28H26N2O6/c1-4-17-5-7-18(8-6-17)34-16-26(31)35-20-9-11-21-25(14-20)36-28(30)23(15-29)27(21)22-13-19(32-2)10-12-24(22)33-3/h5-14,27H,4,16,30H2,1-3H3. The van der Waals surface area contributed by atoms with E-state index in [1.807, 2.05) is 24.3 Å². The smallest absolute Gasteiger partial charge is 0.349 e. The first-order valence-corrected chi connectivity index (χ1v) is 11.3. The SMILES string of the molecule is CCc1ccc(OCC(=O)Oc2ccc3c(c2)OC(N)=C(C#N)C3c2cc(OC)ccc2OC)cc1. The molecule has 1 unspecified atom stereocenters. The fraction of sp³-hybridized carbons (Fsp3) is 0.214. The molecule has 2 N–H and O–H groups in total. The Balaban J connectivity index is 1.57. The minimum absolute atomic E-state index is 0.0396. The summed E-state index contributed by atoms with van der Waals surface area (Å²) in [6.07, 6.45) is 0.920. The van der Waals surface area contributed by atoms with Crippen LogP contribution < -0.4 is 29.4 Å². The van der Waals surface area contributed by atoms with E-state index in [9.17, 15) is 10.1 Å². The lowest BCUT2D eigenvalue weighted by atomic mass is 9.83.